The molecular formula is C13H12O3S. The van der Waals surface area contributed by atoms with Gasteiger partial charge in [-0.15, -0.1) is 11.3 Å². The van der Waals surface area contributed by atoms with Crippen molar-refractivity contribution < 1.29 is 14.3 Å². The first kappa shape index (κ1) is 10.7. The number of fused-ring (bicyclic) bond motifs is 1. The summed E-state index contributed by atoms with van der Waals surface area (Å²) in [6, 6.07) is 8.10. The zero-order valence-corrected chi connectivity index (χ0v) is 10.3. The maximum atomic E-state index is 12.0. The quantitative estimate of drug-likeness (QED) is 0.765. The van der Waals surface area contributed by atoms with E-state index in [1.165, 1.54) is 11.8 Å². The lowest BCUT2D eigenvalue weighted by molar-refractivity contribution is -0.166. The number of rotatable bonds is 2. The van der Waals surface area contributed by atoms with Crippen molar-refractivity contribution in [2.24, 2.45) is 0 Å². The fourth-order valence-corrected chi connectivity index (χ4v) is 3.29. The molecule has 0 N–H and O–H groups in total. The highest BCUT2D eigenvalue weighted by molar-refractivity contribution is 7.17. The summed E-state index contributed by atoms with van der Waals surface area (Å²) >= 11 is 1.65. The molecule has 0 bridgehead atoms. The Balaban J connectivity index is 2.17. The highest BCUT2D eigenvalue weighted by Gasteiger charge is 2.49. The lowest BCUT2D eigenvalue weighted by Gasteiger charge is -2.38. The summed E-state index contributed by atoms with van der Waals surface area (Å²) in [6.07, 6.45) is 0. The van der Waals surface area contributed by atoms with E-state index in [1.54, 1.807) is 11.3 Å². The average Bonchev–Trinajstić information content (AvgIpc) is 2.72. The van der Waals surface area contributed by atoms with Crippen molar-refractivity contribution in [2.75, 3.05) is 20.3 Å². The number of esters is 1. The number of thiophene rings is 1. The van der Waals surface area contributed by atoms with Crippen LogP contribution in [-0.4, -0.2) is 26.3 Å². The van der Waals surface area contributed by atoms with Gasteiger partial charge in [0.1, 0.15) is 5.41 Å². The Hall–Kier alpha value is -1.39. The van der Waals surface area contributed by atoms with Crippen LogP contribution in [0.3, 0.4) is 0 Å². The molecule has 2 aromatic rings. The van der Waals surface area contributed by atoms with Crippen molar-refractivity contribution >= 4 is 27.4 Å². The predicted octanol–water partition coefficient (Wildman–Crippen LogP) is 2.34. The number of ether oxygens (including phenoxy) is 2. The summed E-state index contributed by atoms with van der Waals surface area (Å²) in [5.74, 6) is -0.202. The highest BCUT2D eigenvalue weighted by atomic mass is 32.1. The van der Waals surface area contributed by atoms with E-state index < -0.39 is 5.41 Å². The van der Waals surface area contributed by atoms with E-state index in [9.17, 15) is 4.79 Å². The van der Waals surface area contributed by atoms with Gasteiger partial charge in [-0.1, -0.05) is 18.2 Å². The van der Waals surface area contributed by atoms with Gasteiger partial charge in [-0.3, -0.25) is 4.79 Å². The molecule has 0 amide bonds. The third kappa shape index (κ3) is 1.41. The van der Waals surface area contributed by atoms with Crippen LogP contribution in [0.5, 0.6) is 0 Å². The number of benzene rings is 1. The molecule has 0 saturated carbocycles. The van der Waals surface area contributed by atoms with Crippen LogP contribution in [-0.2, 0) is 19.7 Å². The van der Waals surface area contributed by atoms with Gasteiger partial charge < -0.3 is 9.47 Å². The second kappa shape index (κ2) is 3.82. The van der Waals surface area contributed by atoms with E-state index in [2.05, 4.69) is 6.07 Å². The molecule has 1 saturated heterocycles. The molecule has 2 heterocycles. The first-order valence-corrected chi connectivity index (χ1v) is 6.29. The van der Waals surface area contributed by atoms with Crippen LogP contribution in [0.1, 0.15) is 5.56 Å². The minimum atomic E-state index is -0.589. The van der Waals surface area contributed by atoms with Crippen molar-refractivity contribution in [3.63, 3.8) is 0 Å². The van der Waals surface area contributed by atoms with Crippen LogP contribution in [0.15, 0.2) is 29.6 Å². The molecule has 17 heavy (non-hydrogen) atoms. The number of carbonyl (C=O) groups is 1. The van der Waals surface area contributed by atoms with Crippen molar-refractivity contribution in [3.8, 4) is 0 Å². The van der Waals surface area contributed by atoms with Crippen LogP contribution < -0.4 is 0 Å². The summed E-state index contributed by atoms with van der Waals surface area (Å²) in [6.45, 7) is 0.834. The Morgan fingerprint density at radius 1 is 1.41 bits per heavy atom. The third-order valence-corrected chi connectivity index (χ3v) is 4.23. The molecule has 0 spiro atoms. The second-order valence-electron chi connectivity index (χ2n) is 4.21. The molecule has 88 valence electrons. The van der Waals surface area contributed by atoms with E-state index in [-0.39, 0.29) is 5.97 Å². The number of hydrogen-bond acceptors (Lipinski definition) is 4. The summed E-state index contributed by atoms with van der Waals surface area (Å²) in [5.41, 5.74) is 0.449. The maximum absolute atomic E-state index is 12.0. The van der Waals surface area contributed by atoms with Gasteiger partial charge in [0.2, 0.25) is 0 Å². The molecule has 3 rings (SSSR count). The standard InChI is InChI=1S/C13H12O3S/c1-15-12(14)13(7-16-8-13)10-6-17-11-5-3-2-4-9(10)11/h2-6H,7-8H2,1H3. The van der Waals surface area contributed by atoms with Crippen molar-refractivity contribution in [1.29, 1.82) is 0 Å². The van der Waals surface area contributed by atoms with Gasteiger partial charge in [0, 0.05) is 4.70 Å². The molecule has 1 aliphatic heterocycles. The molecule has 0 atom stereocenters. The van der Waals surface area contributed by atoms with Gasteiger partial charge in [0.05, 0.1) is 20.3 Å². The number of carbonyl (C=O) groups excluding carboxylic acids is 1. The first-order valence-electron chi connectivity index (χ1n) is 5.41. The largest absolute Gasteiger partial charge is 0.468 e. The van der Waals surface area contributed by atoms with Gasteiger partial charge in [0.25, 0.3) is 0 Å². The fourth-order valence-electron chi connectivity index (χ4n) is 2.23. The molecular weight excluding hydrogens is 236 g/mol. The van der Waals surface area contributed by atoms with Gasteiger partial charge >= 0.3 is 5.97 Å². The average molecular weight is 248 g/mol. The van der Waals surface area contributed by atoms with Crippen LogP contribution in [0, 0.1) is 0 Å². The molecule has 3 nitrogen and oxygen atoms in total. The van der Waals surface area contributed by atoms with Crippen LogP contribution in [0.2, 0.25) is 0 Å². The Kier molecular flexibility index (Phi) is 2.42. The fraction of sp³-hybridized carbons (Fsp3) is 0.308. The Bertz CT molecular complexity index is 569. The molecule has 0 aliphatic carbocycles. The summed E-state index contributed by atoms with van der Waals surface area (Å²) in [5, 5.41) is 3.18. The summed E-state index contributed by atoms with van der Waals surface area (Å²) < 4.78 is 11.3. The Labute approximate surface area is 103 Å². The lowest BCUT2D eigenvalue weighted by Crippen LogP contribution is -2.53. The molecule has 0 unspecified atom stereocenters. The monoisotopic (exact) mass is 248 g/mol. The van der Waals surface area contributed by atoms with E-state index in [0.29, 0.717) is 13.2 Å². The minimum Gasteiger partial charge on any atom is -0.468 e. The zero-order chi connectivity index (χ0) is 11.9. The SMILES string of the molecule is COC(=O)C1(c2csc3ccccc23)COC1. The predicted molar refractivity (Wildman–Crippen MR) is 66.3 cm³/mol. The normalized spacial score (nSPS) is 17.7. The number of hydrogen-bond donors (Lipinski definition) is 0. The van der Waals surface area contributed by atoms with Gasteiger partial charge in [-0.2, -0.15) is 0 Å². The molecule has 1 fully saturated rings. The van der Waals surface area contributed by atoms with Gasteiger partial charge in [-0.05, 0) is 22.4 Å². The molecule has 1 aliphatic rings. The van der Waals surface area contributed by atoms with Crippen molar-refractivity contribution in [3.05, 3.63) is 35.2 Å². The number of methoxy groups -OCH3 is 1. The van der Waals surface area contributed by atoms with E-state index in [1.807, 2.05) is 23.6 Å². The smallest absolute Gasteiger partial charge is 0.321 e. The Morgan fingerprint density at radius 2 is 2.18 bits per heavy atom. The van der Waals surface area contributed by atoms with Gasteiger partial charge in [-0.25, -0.2) is 0 Å². The van der Waals surface area contributed by atoms with Crippen molar-refractivity contribution in [1.82, 2.24) is 0 Å². The summed E-state index contributed by atoms with van der Waals surface area (Å²) in [7, 11) is 1.43. The molecule has 1 aromatic carbocycles. The van der Waals surface area contributed by atoms with E-state index in [0.717, 1.165) is 10.9 Å². The highest BCUT2D eigenvalue weighted by Crippen LogP contribution is 2.40. The van der Waals surface area contributed by atoms with Crippen LogP contribution in [0.25, 0.3) is 10.1 Å². The van der Waals surface area contributed by atoms with Crippen LogP contribution in [0.4, 0.5) is 0 Å². The lowest BCUT2D eigenvalue weighted by atomic mass is 9.78. The van der Waals surface area contributed by atoms with Crippen LogP contribution >= 0.6 is 11.3 Å². The first-order chi connectivity index (χ1) is 8.28. The second-order valence-corrected chi connectivity index (χ2v) is 5.12. The summed E-state index contributed by atoms with van der Waals surface area (Å²) in [4.78, 5) is 12.0. The molecule has 0 radical (unpaired) electrons. The topological polar surface area (TPSA) is 35.5 Å². The zero-order valence-electron chi connectivity index (χ0n) is 9.43. The molecule has 4 heteroatoms. The minimum absolute atomic E-state index is 0.202. The maximum Gasteiger partial charge on any atom is 0.321 e. The third-order valence-electron chi connectivity index (χ3n) is 3.27. The van der Waals surface area contributed by atoms with E-state index in [4.69, 9.17) is 9.47 Å². The van der Waals surface area contributed by atoms with Crippen molar-refractivity contribution in [2.45, 2.75) is 5.41 Å². The molecule has 1 aromatic heterocycles. The van der Waals surface area contributed by atoms with Gasteiger partial charge in [0.15, 0.2) is 0 Å². The Morgan fingerprint density at radius 3 is 2.82 bits per heavy atom. The van der Waals surface area contributed by atoms with E-state index >= 15 is 0 Å².